The van der Waals surface area contributed by atoms with Crippen LogP contribution >= 0.6 is 0 Å². The van der Waals surface area contributed by atoms with Gasteiger partial charge in [0.25, 0.3) is 0 Å². The largest absolute Gasteiger partial charge is 0.325 e. The molecule has 29 heavy (non-hydrogen) atoms. The summed E-state index contributed by atoms with van der Waals surface area (Å²) in [7, 11) is 0. The summed E-state index contributed by atoms with van der Waals surface area (Å²) in [5.41, 5.74) is 3.03. The third-order valence-corrected chi connectivity index (χ3v) is 7.63. The third-order valence-electron chi connectivity index (χ3n) is 7.63. The van der Waals surface area contributed by atoms with Crippen molar-refractivity contribution in [3.05, 3.63) is 47.4 Å². The van der Waals surface area contributed by atoms with Crippen molar-refractivity contribution in [2.45, 2.75) is 50.4 Å². The molecule has 4 aliphatic rings. The van der Waals surface area contributed by atoms with Gasteiger partial charge >= 0.3 is 0 Å². The van der Waals surface area contributed by atoms with Gasteiger partial charge in [0.15, 0.2) is 0 Å². The lowest BCUT2D eigenvalue weighted by Crippen LogP contribution is -2.35. The van der Waals surface area contributed by atoms with Crippen LogP contribution in [0.4, 0.5) is 11.5 Å². The zero-order chi connectivity index (χ0) is 19.6. The van der Waals surface area contributed by atoms with Crippen molar-refractivity contribution >= 4 is 23.3 Å². The van der Waals surface area contributed by atoms with Gasteiger partial charge in [-0.3, -0.25) is 14.6 Å². The number of amides is 2. The molecular formula is C23H24N4O2. The maximum atomic E-state index is 12.8. The number of hydrogen-bond acceptors (Lipinski definition) is 4. The van der Waals surface area contributed by atoms with Crippen LogP contribution in [0, 0.1) is 17.8 Å². The Morgan fingerprint density at radius 2 is 2.17 bits per heavy atom. The minimum Gasteiger partial charge on any atom is -0.325 e. The summed E-state index contributed by atoms with van der Waals surface area (Å²) in [5, 5.41) is 5.97. The summed E-state index contributed by atoms with van der Waals surface area (Å²) in [5.74, 6) is 2.88. The molecule has 2 amide bonds. The SMILES string of the molecule is O=C(CC1C[C@H]2CC[C@@H]1C2)Nc1cnc2c(c1)CC1(C2)C(=O)Nc2ncccc21. The van der Waals surface area contributed by atoms with Crippen LogP contribution in [0.2, 0.25) is 0 Å². The van der Waals surface area contributed by atoms with Gasteiger partial charge in [-0.15, -0.1) is 0 Å². The number of nitrogens with one attached hydrogen (secondary N) is 2. The van der Waals surface area contributed by atoms with Crippen LogP contribution in [0.15, 0.2) is 30.6 Å². The van der Waals surface area contributed by atoms with Crippen LogP contribution < -0.4 is 10.6 Å². The summed E-state index contributed by atoms with van der Waals surface area (Å²) in [4.78, 5) is 34.3. The number of pyridine rings is 2. The minimum absolute atomic E-state index is 0.00827. The zero-order valence-corrected chi connectivity index (χ0v) is 16.3. The first kappa shape index (κ1) is 17.1. The Labute approximate surface area is 169 Å². The first-order valence-electron chi connectivity index (χ1n) is 10.7. The van der Waals surface area contributed by atoms with Crippen molar-refractivity contribution in [3.8, 4) is 0 Å². The van der Waals surface area contributed by atoms with Crippen LogP contribution in [0.5, 0.6) is 0 Å². The third kappa shape index (κ3) is 2.61. The first-order valence-corrected chi connectivity index (χ1v) is 10.7. The first-order chi connectivity index (χ1) is 14.1. The second-order valence-corrected chi connectivity index (χ2v) is 9.31. The molecule has 2 saturated carbocycles. The summed E-state index contributed by atoms with van der Waals surface area (Å²) >= 11 is 0. The highest BCUT2D eigenvalue weighted by Crippen LogP contribution is 2.50. The molecule has 3 aliphatic carbocycles. The lowest BCUT2D eigenvalue weighted by molar-refractivity contribution is -0.120. The number of carbonyl (C=O) groups excluding carboxylic acids is 2. The van der Waals surface area contributed by atoms with Crippen molar-refractivity contribution < 1.29 is 9.59 Å². The molecule has 0 saturated heterocycles. The van der Waals surface area contributed by atoms with Crippen molar-refractivity contribution in [1.82, 2.24) is 9.97 Å². The van der Waals surface area contributed by atoms with Crippen LogP contribution in [0.1, 0.15) is 48.9 Å². The molecule has 6 rings (SSSR count). The predicted molar refractivity (Wildman–Crippen MR) is 108 cm³/mol. The van der Waals surface area contributed by atoms with E-state index >= 15 is 0 Å². The molecule has 2 aromatic rings. The molecule has 2 fully saturated rings. The highest BCUT2D eigenvalue weighted by atomic mass is 16.2. The van der Waals surface area contributed by atoms with Crippen molar-refractivity contribution in [3.63, 3.8) is 0 Å². The number of fused-ring (bicyclic) bond motifs is 5. The van der Waals surface area contributed by atoms with Gasteiger partial charge in [0.2, 0.25) is 11.8 Å². The van der Waals surface area contributed by atoms with Crippen LogP contribution in [0.3, 0.4) is 0 Å². The van der Waals surface area contributed by atoms with Gasteiger partial charge in [-0.2, -0.15) is 0 Å². The Morgan fingerprint density at radius 1 is 1.24 bits per heavy atom. The van der Waals surface area contributed by atoms with E-state index in [0.717, 1.165) is 34.3 Å². The number of rotatable bonds is 3. The van der Waals surface area contributed by atoms with E-state index in [1.54, 1.807) is 12.4 Å². The fourth-order valence-electron chi connectivity index (χ4n) is 6.26. The Morgan fingerprint density at radius 3 is 3.00 bits per heavy atom. The maximum absolute atomic E-state index is 12.8. The number of nitrogens with zero attached hydrogens (tertiary/aromatic N) is 2. The quantitative estimate of drug-likeness (QED) is 0.846. The molecule has 6 heteroatoms. The second kappa shape index (κ2) is 6.12. The molecule has 2 bridgehead atoms. The molecule has 6 nitrogen and oxygen atoms in total. The van der Waals surface area contributed by atoms with Crippen LogP contribution in [-0.2, 0) is 27.8 Å². The molecular weight excluding hydrogens is 364 g/mol. The lowest BCUT2D eigenvalue weighted by Gasteiger charge is -2.21. The van der Waals surface area contributed by atoms with E-state index in [4.69, 9.17) is 0 Å². The Balaban J connectivity index is 1.19. The average Bonchev–Trinajstić information content (AvgIpc) is 3.46. The molecule has 0 aromatic carbocycles. The molecule has 2 aromatic heterocycles. The Bertz CT molecular complexity index is 1040. The lowest BCUT2D eigenvalue weighted by atomic mass is 9.80. The van der Waals surface area contributed by atoms with Crippen LogP contribution in [-0.4, -0.2) is 21.8 Å². The molecule has 1 spiro atoms. The van der Waals surface area contributed by atoms with Crippen molar-refractivity contribution in [2.24, 2.45) is 17.8 Å². The van der Waals surface area contributed by atoms with Crippen molar-refractivity contribution in [2.75, 3.05) is 10.6 Å². The number of hydrogen-bond donors (Lipinski definition) is 2. The maximum Gasteiger partial charge on any atom is 0.237 e. The Hall–Kier alpha value is -2.76. The topological polar surface area (TPSA) is 84.0 Å². The number of aromatic nitrogens is 2. The van der Waals surface area contributed by atoms with Gasteiger partial charge < -0.3 is 10.6 Å². The van der Waals surface area contributed by atoms with E-state index in [-0.39, 0.29) is 11.8 Å². The molecule has 148 valence electrons. The van der Waals surface area contributed by atoms with Gasteiger partial charge in [0, 0.05) is 30.3 Å². The molecule has 1 aliphatic heterocycles. The van der Waals surface area contributed by atoms with E-state index in [9.17, 15) is 9.59 Å². The zero-order valence-electron chi connectivity index (χ0n) is 16.3. The van der Waals surface area contributed by atoms with Gasteiger partial charge in [-0.25, -0.2) is 4.98 Å². The summed E-state index contributed by atoms with van der Waals surface area (Å²) in [6.45, 7) is 0. The second-order valence-electron chi connectivity index (χ2n) is 9.31. The fourth-order valence-corrected chi connectivity index (χ4v) is 6.26. The van der Waals surface area contributed by atoms with E-state index in [1.165, 1.54) is 25.7 Å². The predicted octanol–water partition coefficient (Wildman–Crippen LogP) is 3.23. The molecule has 3 heterocycles. The minimum atomic E-state index is -0.620. The normalized spacial score (nSPS) is 31.0. The van der Waals surface area contributed by atoms with E-state index in [2.05, 4.69) is 20.6 Å². The summed E-state index contributed by atoms with van der Waals surface area (Å²) in [6.07, 6.45) is 10.4. The van der Waals surface area contributed by atoms with Gasteiger partial charge in [0.05, 0.1) is 17.3 Å². The van der Waals surface area contributed by atoms with Crippen LogP contribution in [0.25, 0.3) is 0 Å². The van der Waals surface area contributed by atoms with Gasteiger partial charge in [0.1, 0.15) is 5.82 Å². The Kier molecular flexibility index (Phi) is 3.61. The summed E-state index contributed by atoms with van der Waals surface area (Å²) in [6, 6.07) is 5.85. The smallest absolute Gasteiger partial charge is 0.237 e. The van der Waals surface area contributed by atoms with E-state index < -0.39 is 5.41 Å². The average molecular weight is 388 g/mol. The molecule has 2 N–H and O–H groups in total. The standard InChI is InChI=1S/C23H24N4O2/c28-20(9-15-7-13-3-4-14(15)6-13)26-17-8-16-10-23(11-19(16)25-12-17)18-2-1-5-24-21(18)27-22(23)29/h1-2,5,8,12-15H,3-4,6-7,9-11H2,(H,26,28)(H,24,27,29)/t13-,14+,15?,23?/m0/s1. The number of anilines is 2. The molecule has 4 atom stereocenters. The number of carbonyl (C=O) groups is 2. The van der Waals surface area contributed by atoms with Gasteiger partial charge in [-0.1, -0.05) is 12.5 Å². The van der Waals surface area contributed by atoms with E-state index in [0.29, 0.717) is 31.0 Å². The fraction of sp³-hybridized carbons (Fsp3) is 0.478. The highest BCUT2D eigenvalue weighted by molar-refractivity contribution is 6.06. The molecule has 2 unspecified atom stereocenters. The van der Waals surface area contributed by atoms with Crippen molar-refractivity contribution in [1.29, 1.82) is 0 Å². The van der Waals surface area contributed by atoms with Gasteiger partial charge in [-0.05, 0) is 61.1 Å². The summed E-state index contributed by atoms with van der Waals surface area (Å²) < 4.78 is 0. The van der Waals surface area contributed by atoms with E-state index in [1.807, 2.05) is 18.2 Å². The highest BCUT2D eigenvalue weighted by Gasteiger charge is 2.51. The monoisotopic (exact) mass is 388 g/mol. The molecule has 0 radical (unpaired) electrons.